The molecule has 4 aliphatic heterocycles. The number of aliphatic hydroxyl groups is 1. The molecular formula is C48H68O11Si. The molecule has 0 bridgehead atoms. The van der Waals surface area contributed by atoms with Crippen LogP contribution in [0.3, 0.4) is 0 Å². The van der Waals surface area contributed by atoms with Crippen LogP contribution in [0.15, 0.2) is 91.0 Å². The van der Waals surface area contributed by atoms with Crippen LogP contribution in [-0.2, 0) is 60.3 Å². The molecule has 1 N–H and O–H groups in total. The first-order valence-corrected chi connectivity index (χ1v) is 24.2. The summed E-state index contributed by atoms with van der Waals surface area (Å²) in [5, 5.41) is 12.0. The van der Waals surface area contributed by atoms with Crippen LogP contribution in [0.2, 0.25) is 16.6 Å². The van der Waals surface area contributed by atoms with Gasteiger partial charge in [0, 0.05) is 17.4 Å². The molecule has 7 rings (SSSR count). The summed E-state index contributed by atoms with van der Waals surface area (Å²) in [6.45, 7) is 21.0. The van der Waals surface area contributed by atoms with E-state index >= 15 is 0 Å². The summed E-state index contributed by atoms with van der Waals surface area (Å²) in [4.78, 5) is 0. The van der Waals surface area contributed by atoms with Crippen molar-refractivity contribution in [2.24, 2.45) is 11.8 Å². The van der Waals surface area contributed by atoms with Crippen molar-refractivity contribution < 1.29 is 52.2 Å². The number of fused-ring (bicyclic) bond motifs is 1. The van der Waals surface area contributed by atoms with E-state index in [-0.39, 0.29) is 25.0 Å². The first-order valence-electron chi connectivity index (χ1n) is 22.0. The lowest BCUT2D eigenvalue weighted by atomic mass is 9.92. The van der Waals surface area contributed by atoms with Gasteiger partial charge in [0.25, 0.3) is 0 Å². The maximum absolute atomic E-state index is 12.0. The van der Waals surface area contributed by atoms with E-state index in [4.69, 9.17) is 47.1 Å². The molecule has 4 aliphatic rings. The lowest BCUT2D eigenvalue weighted by Crippen LogP contribution is -2.62. The smallest absolute Gasteiger partial charge is 0.203 e. The molecule has 3 aromatic carbocycles. The fourth-order valence-electron chi connectivity index (χ4n) is 9.82. The third-order valence-corrected chi connectivity index (χ3v) is 19.1. The van der Waals surface area contributed by atoms with E-state index in [1.54, 1.807) is 0 Å². The number of hydrogen-bond donors (Lipinski definition) is 1. The monoisotopic (exact) mass is 848 g/mol. The Kier molecular flexibility index (Phi) is 15.1. The quantitative estimate of drug-likeness (QED) is 0.132. The standard InChI is InChI=1S/C48H68O11Si/c1-30(2)60(31(3)4,32(5)6)59-44-34(8)39(49)41(35(9)54-44)56-46-42(51-27-37-21-15-11-16-22-37)40(33(7)25-52-46)55-47-43-48(29-53-47,28-50-26-36-19-13-10-14-20-36)58-45(57-43)38-23-17-12-18-24-38/h10-24,30-35,39-47,49H,25-29H2,1-9H3/t33-,34+,35?,39?,40-,41+,42?,43?,44+,45+,46+,47+,48-/m1/s1. The summed E-state index contributed by atoms with van der Waals surface area (Å²) in [6, 6.07) is 30.0. The second-order valence-corrected chi connectivity index (χ2v) is 23.7. The molecule has 13 atom stereocenters. The van der Waals surface area contributed by atoms with Crippen LogP contribution in [0.1, 0.15) is 85.3 Å². The average molecular weight is 849 g/mol. The minimum atomic E-state index is -2.31. The normalized spacial score (nSPS) is 34.8. The Hall–Kier alpha value is -2.56. The van der Waals surface area contributed by atoms with E-state index in [9.17, 15) is 5.11 Å². The van der Waals surface area contributed by atoms with Gasteiger partial charge in [0.1, 0.15) is 23.9 Å². The molecule has 0 aliphatic carbocycles. The molecule has 0 spiro atoms. The van der Waals surface area contributed by atoms with Crippen LogP contribution in [-0.4, -0.2) is 94.3 Å². The minimum absolute atomic E-state index is 0.117. The molecule has 0 saturated carbocycles. The fourth-order valence-corrected chi connectivity index (χ4v) is 15.3. The van der Waals surface area contributed by atoms with Crippen LogP contribution in [0, 0.1) is 11.8 Å². The predicted molar refractivity (Wildman–Crippen MR) is 229 cm³/mol. The first-order chi connectivity index (χ1) is 28.8. The molecule has 60 heavy (non-hydrogen) atoms. The van der Waals surface area contributed by atoms with Crippen LogP contribution in [0.25, 0.3) is 0 Å². The van der Waals surface area contributed by atoms with Gasteiger partial charge in [0.2, 0.25) is 8.32 Å². The number of benzene rings is 3. The number of ether oxygens (including phenoxy) is 9. The van der Waals surface area contributed by atoms with Crippen LogP contribution < -0.4 is 0 Å². The number of aliphatic hydroxyl groups excluding tert-OH is 1. The van der Waals surface area contributed by atoms with Crippen molar-refractivity contribution in [1.29, 1.82) is 0 Å². The zero-order valence-electron chi connectivity index (χ0n) is 36.9. The SMILES string of the molecule is CC1O[C@@H](O[Si](C(C)C)(C(C)C)C(C)C)[C@@H](C)C(O)[C@H]1O[C@@H]1OC[C@@H](C)[C@@H](O[C@@H]2OC[C@@]3(COCc4ccccc4)O[C@@H](c4ccccc4)OC23)C1OCc1ccccc1. The summed E-state index contributed by atoms with van der Waals surface area (Å²) in [6.07, 6.45) is -6.84. The maximum Gasteiger partial charge on any atom is 0.203 e. The molecule has 330 valence electrons. The van der Waals surface area contributed by atoms with Gasteiger partial charge < -0.3 is 52.2 Å². The summed E-state index contributed by atoms with van der Waals surface area (Å²) >= 11 is 0. The minimum Gasteiger partial charge on any atom is -0.391 e. The lowest BCUT2D eigenvalue weighted by molar-refractivity contribution is -0.343. The van der Waals surface area contributed by atoms with Crippen molar-refractivity contribution in [2.75, 3.05) is 19.8 Å². The highest BCUT2D eigenvalue weighted by Gasteiger charge is 2.61. The Bertz CT molecular complexity index is 1730. The summed E-state index contributed by atoms with van der Waals surface area (Å²) in [7, 11) is -2.31. The van der Waals surface area contributed by atoms with Gasteiger partial charge >= 0.3 is 0 Å². The molecule has 3 aromatic rings. The van der Waals surface area contributed by atoms with Gasteiger partial charge in [-0.2, -0.15) is 0 Å². The van der Waals surface area contributed by atoms with Crippen LogP contribution in [0.5, 0.6) is 0 Å². The Balaban J connectivity index is 1.11. The highest BCUT2D eigenvalue weighted by molar-refractivity contribution is 6.77. The molecule has 0 aromatic heterocycles. The van der Waals surface area contributed by atoms with Gasteiger partial charge in [-0.25, -0.2) is 0 Å². The van der Waals surface area contributed by atoms with E-state index in [0.29, 0.717) is 36.4 Å². The predicted octanol–water partition coefficient (Wildman–Crippen LogP) is 8.69. The number of rotatable bonds is 17. The van der Waals surface area contributed by atoms with Gasteiger partial charge in [-0.15, -0.1) is 0 Å². The molecular weight excluding hydrogens is 781 g/mol. The molecule has 11 nitrogen and oxygen atoms in total. The van der Waals surface area contributed by atoms with Crippen molar-refractivity contribution in [3.05, 3.63) is 108 Å². The van der Waals surface area contributed by atoms with Gasteiger partial charge in [-0.1, -0.05) is 146 Å². The lowest BCUT2D eigenvalue weighted by Gasteiger charge is -2.50. The van der Waals surface area contributed by atoms with E-state index in [1.165, 1.54) is 0 Å². The van der Waals surface area contributed by atoms with Gasteiger partial charge in [0.05, 0.1) is 51.3 Å². The van der Waals surface area contributed by atoms with E-state index < -0.39 is 75.7 Å². The molecule has 0 amide bonds. The van der Waals surface area contributed by atoms with Gasteiger partial charge in [-0.3, -0.25) is 0 Å². The molecule has 4 saturated heterocycles. The largest absolute Gasteiger partial charge is 0.391 e. The third-order valence-electron chi connectivity index (χ3n) is 13.1. The van der Waals surface area contributed by atoms with Crippen LogP contribution in [0.4, 0.5) is 0 Å². The van der Waals surface area contributed by atoms with E-state index in [2.05, 4.69) is 48.5 Å². The summed E-state index contributed by atoms with van der Waals surface area (Å²) in [5.41, 5.74) is 3.15. The summed E-state index contributed by atoms with van der Waals surface area (Å²) in [5.74, 6) is -0.470. The van der Waals surface area contributed by atoms with Crippen molar-refractivity contribution in [3.63, 3.8) is 0 Å². The van der Waals surface area contributed by atoms with Crippen LogP contribution >= 0.6 is 0 Å². The number of hydrogen-bond acceptors (Lipinski definition) is 11. The molecule has 4 unspecified atom stereocenters. The van der Waals surface area contributed by atoms with E-state index in [0.717, 1.165) is 16.7 Å². The van der Waals surface area contributed by atoms with Crippen molar-refractivity contribution in [1.82, 2.24) is 0 Å². The topological polar surface area (TPSA) is 113 Å². The Morgan fingerprint density at radius 1 is 0.683 bits per heavy atom. The molecule has 12 heteroatoms. The Morgan fingerprint density at radius 2 is 1.27 bits per heavy atom. The third kappa shape index (κ3) is 9.66. The molecule has 0 radical (unpaired) electrons. The average Bonchev–Trinajstić information content (AvgIpc) is 3.77. The highest BCUT2D eigenvalue weighted by Crippen LogP contribution is 2.48. The van der Waals surface area contributed by atoms with Crippen molar-refractivity contribution >= 4 is 8.32 Å². The van der Waals surface area contributed by atoms with Crippen molar-refractivity contribution in [3.8, 4) is 0 Å². The van der Waals surface area contributed by atoms with Gasteiger partial charge in [0.15, 0.2) is 25.2 Å². The zero-order valence-corrected chi connectivity index (χ0v) is 37.9. The molecule has 4 fully saturated rings. The Labute approximate surface area is 358 Å². The highest BCUT2D eigenvalue weighted by atomic mass is 28.4. The van der Waals surface area contributed by atoms with Crippen molar-refractivity contribution in [2.45, 2.75) is 160 Å². The molecule has 4 heterocycles. The van der Waals surface area contributed by atoms with Gasteiger partial charge in [-0.05, 0) is 34.7 Å². The second-order valence-electron chi connectivity index (χ2n) is 18.3. The summed E-state index contributed by atoms with van der Waals surface area (Å²) < 4.78 is 66.9. The van der Waals surface area contributed by atoms with E-state index in [1.807, 2.05) is 105 Å². The second kappa shape index (κ2) is 19.9. The fraction of sp³-hybridized carbons (Fsp3) is 0.625. The maximum atomic E-state index is 12.0. The Morgan fingerprint density at radius 3 is 1.88 bits per heavy atom. The first kappa shape index (κ1) is 45.5. The zero-order chi connectivity index (χ0) is 42.6.